The molecular formula is C17H18N6O. The molecule has 1 aliphatic rings. The predicted molar refractivity (Wildman–Crippen MR) is 88.8 cm³/mol. The molecule has 7 nitrogen and oxygen atoms in total. The fraction of sp³-hybridized carbons (Fsp3) is 0.294. The smallest absolute Gasteiger partial charge is 0.194 e. The van der Waals surface area contributed by atoms with Crippen molar-refractivity contribution in [1.82, 2.24) is 24.7 Å². The van der Waals surface area contributed by atoms with Gasteiger partial charge in [0.1, 0.15) is 12.1 Å². The zero-order chi connectivity index (χ0) is 16.7. The Bertz CT molecular complexity index is 1110. The van der Waals surface area contributed by atoms with E-state index in [0.29, 0.717) is 23.7 Å². The highest BCUT2D eigenvalue weighted by Gasteiger charge is 2.14. The van der Waals surface area contributed by atoms with Gasteiger partial charge in [-0.05, 0) is 37.3 Å². The maximum Gasteiger partial charge on any atom is 0.194 e. The summed E-state index contributed by atoms with van der Waals surface area (Å²) in [6.45, 7) is 4.70. The Morgan fingerprint density at radius 2 is 2.17 bits per heavy atom. The van der Waals surface area contributed by atoms with Gasteiger partial charge >= 0.3 is 0 Å². The summed E-state index contributed by atoms with van der Waals surface area (Å²) in [5, 5.41) is 7.31. The zero-order valence-corrected chi connectivity index (χ0v) is 13.8. The summed E-state index contributed by atoms with van der Waals surface area (Å²) < 4.78 is 7.16. The Hall–Kier alpha value is -2.96. The summed E-state index contributed by atoms with van der Waals surface area (Å²) in [6.07, 6.45) is 3.62. The number of hydrogen-bond acceptors (Lipinski definition) is 5. The molecule has 0 amide bonds. The van der Waals surface area contributed by atoms with Crippen LogP contribution in [-0.2, 0) is 0 Å². The van der Waals surface area contributed by atoms with Crippen LogP contribution in [0.25, 0.3) is 17.7 Å². The standard InChI is InChI=1S/C17H18N6O/c1-10(2)23-17(19-9-20-23)16-21-14-13-5-4-12(24-3)8-11(13)6-7-18-15(14)22-16/h4-6,8-10H,7H2,1-3H3,(H,18,21,22). The largest absolute Gasteiger partial charge is 0.497 e. The van der Waals surface area contributed by atoms with Crippen molar-refractivity contribution in [3.8, 4) is 17.4 Å². The number of nitrogens with zero attached hydrogens (tertiary/aromatic N) is 5. The van der Waals surface area contributed by atoms with Gasteiger partial charge in [-0.3, -0.25) is 4.99 Å². The molecule has 0 saturated carbocycles. The van der Waals surface area contributed by atoms with Crippen LogP contribution in [0.5, 0.6) is 5.75 Å². The van der Waals surface area contributed by atoms with Gasteiger partial charge in [-0.25, -0.2) is 14.6 Å². The number of hydrogen-bond donors (Lipinski definition) is 1. The van der Waals surface area contributed by atoms with Gasteiger partial charge in [-0.15, -0.1) is 0 Å². The summed E-state index contributed by atoms with van der Waals surface area (Å²) in [5.41, 5.74) is 0.698. The van der Waals surface area contributed by atoms with E-state index >= 15 is 0 Å². The van der Waals surface area contributed by atoms with Crippen LogP contribution in [0.1, 0.15) is 19.9 Å². The van der Waals surface area contributed by atoms with Crippen LogP contribution in [-0.4, -0.2) is 38.4 Å². The second-order valence-electron chi connectivity index (χ2n) is 5.90. The molecule has 0 unspecified atom stereocenters. The molecule has 122 valence electrons. The summed E-state index contributed by atoms with van der Waals surface area (Å²) >= 11 is 0. The van der Waals surface area contributed by atoms with Gasteiger partial charge in [0.15, 0.2) is 17.1 Å². The van der Waals surface area contributed by atoms with Crippen LogP contribution < -0.4 is 15.4 Å². The fourth-order valence-electron chi connectivity index (χ4n) is 2.86. The van der Waals surface area contributed by atoms with Gasteiger partial charge in [-0.2, -0.15) is 5.10 Å². The maximum absolute atomic E-state index is 5.32. The van der Waals surface area contributed by atoms with E-state index in [1.807, 2.05) is 22.9 Å². The first-order chi connectivity index (χ1) is 11.7. The molecule has 1 N–H and O–H groups in total. The highest BCUT2D eigenvalue weighted by Crippen LogP contribution is 2.14. The number of nitrogens with one attached hydrogen (secondary N) is 1. The summed E-state index contributed by atoms with van der Waals surface area (Å²) in [4.78, 5) is 16.9. The molecule has 24 heavy (non-hydrogen) atoms. The van der Waals surface area contributed by atoms with Gasteiger partial charge in [0.25, 0.3) is 0 Å². The van der Waals surface area contributed by atoms with Crippen LogP contribution >= 0.6 is 0 Å². The van der Waals surface area contributed by atoms with Crippen molar-refractivity contribution < 1.29 is 4.74 Å². The first-order valence-corrected chi connectivity index (χ1v) is 7.86. The number of H-pyrrole nitrogens is 1. The zero-order valence-electron chi connectivity index (χ0n) is 13.8. The highest BCUT2D eigenvalue weighted by molar-refractivity contribution is 5.43. The molecule has 0 spiro atoms. The van der Waals surface area contributed by atoms with Gasteiger partial charge in [0.2, 0.25) is 0 Å². The van der Waals surface area contributed by atoms with E-state index in [2.05, 4.69) is 45.0 Å². The van der Waals surface area contributed by atoms with Crippen LogP contribution in [0.2, 0.25) is 0 Å². The van der Waals surface area contributed by atoms with Crippen molar-refractivity contribution in [3.63, 3.8) is 0 Å². The number of ether oxygens (including phenoxy) is 1. The third-order valence-corrected chi connectivity index (χ3v) is 4.04. The molecule has 3 heterocycles. The van der Waals surface area contributed by atoms with E-state index in [4.69, 9.17) is 4.74 Å². The molecular weight excluding hydrogens is 304 g/mol. The summed E-state index contributed by atoms with van der Waals surface area (Å²) in [6, 6.07) is 6.18. The van der Waals surface area contributed by atoms with Crippen molar-refractivity contribution in [2.45, 2.75) is 19.9 Å². The molecule has 7 heteroatoms. The average Bonchev–Trinajstić information content (AvgIpc) is 3.18. The molecule has 1 aromatic carbocycles. The number of benzene rings is 1. The van der Waals surface area contributed by atoms with Gasteiger partial charge in [0.05, 0.1) is 19.0 Å². The summed E-state index contributed by atoms with van der Waals surface area (Å²) in [7, 11) is 1.67. The molecule has 0 aliphatic carbocycles. The Balaban J connectivity index is 2.03. The average molecular weight is 322 g/mol. The second kappa shape index (κ2) is 5.59. The second-order valence-corrected chi connectivity index (χ2v) is 5.90. The number of aromatic amines is 1. The van der Waals surface area contributed by atoms with E-state index < -0.39 is 0 Å². The van der Waals surface area contributed by atoms with Crippen LogP contribution in [0.3, 0.4) is 0 Å². The minimum atomic E-state index is 0.203. The molecule has 2 aromatic heterocycles. The lowest BCUT2D eigenvalue weighted by Crippen LogP contribution is -2.08. The minimum absolute atomic E-state index is 0.203. The number of rotatable bonds is 3. The van der Waals surface area contributed by atoms with Gasteiger partial charge < -0.3 is 9.72 Å². The molecule has 0 saturated heterocycles. The highest BCUT2D eigenvalue weighted by atomic mass is 16.5. The van der Waals surface area contributed by atoms with Crippen molar-refractivity contribution >= 4 is 6.08 Å². The van der Waals surface area contributed by atoms with E-state index in [-0.39, 0.29) is 6.04 Å². The maximum atomic E-state index is 5.32. The molecule has 0 radical (unpaired) electrons. The van der Waals surface area contributed by atoms with Gasteiger partial charge in [0, 0.05) is 11.3 Å². The third kappa shape index (κ3) is 2.29. The Kier molecular flexibility index (Phi) is 3.41. The van der Waals surface area contributed by atoms with Crippen molar-refractivity contribution in [3.05, 3.63) is 45.8 Å². The van der Waals surface area contributed by atoms with Crippen LogP contribution in [0.4, 0.5) is 0 Å². The van der Waals surface area contributed by atoms with E-state index in [9.17, 15) is 0 Å². The first kappa shape index (κ1) is 14.6. The monoisotopic (exact) mass is 322 g/mol. The lowest BCUT2D eigenvalue weighted by molar-refractivity contribution is 0.414. The molecule has 0 bridgehead atoms. The predicted octanol–water partition coefficient (Wildman–Crippen LogP) is 0.958. The molecule has 0 fully saturated rings. The van der Waals surface area contributed by atoms with E-state index in [1.165, 1.54) is 0 Å². The fourth-order valence-corrected chi connectivity index (χ4v) is 2.86. The number of imidazole rings is 1. The van der Waals surface area contributed by atoms with Crippen molar-refractivity contribution in [2.24, 2.45) is 4.99 Å². The van der Waals surface area contributed by atoms with E-state index in [0.717, 1.165) is 21.5 Å². The van der Waals surface area contributed by atoms with Crippen LogP contribution in [0.15, 0.2) is 29.5 Å². The third-order valence-electron chi connectivity index (χ3n) is 4.04. The summed E-state index contributed by atoms with van der Waals surface area (Å²) in [5.74, 6) is 2.22. The van der Waals surface area contributed by atoms with Crippen molar-refractivity contribution in [2.75, 3.05) is 13.7 Å². The van der Waals surface area contributed by atoms with Gasteiger partial charge in [-0.1, -0.05) is 6.08 Å². The minimum Gasteiger partial charge on any atom is -0.497 e. The SMILES string of the molecule is COc1ccc2c(c1)=CCN=c1nc(-c3ncnn3C(C)C)[nH]c1=2. The normalized spacial score (nSPS) is 12.8. The quantitative estimate of drug-likeness (QED) is 0.779. The Morgan fingerprint density at radius 1 is 1.29 bits per heavy atom. The topological polar surface area (TPSA) is 81.0 Å². The number of methoxy groups -OCH3 is 1. The Labute approximate surface area is 138 Å². The molecule has 1 aliphatic heterocycles. The Morgan fingerprint density at radius 3 is 2.96 bits per heavy atom. The lowest BCUT2D eigenvalue weighted by atomic mass is 10.2. The number of fused-ring (bicyclic) bond motifs is 2. The van der Waals surface area contributed by atoms with E-state index in [1.54, 1.807) is 13.4 Å². The van der Waals surface area contributed by atoms with Crippen LogP contribution in [0, 0.1) is 10.6 Å². The molecule has 4 rings (SSSR count). The molecule has 3 aromatic rings. The van der Waals surface area contributed by atoms with Crippen molar-refractivity contribution in [1.29, 1.82) is 0 Å². The first-order valence-electron chi connectivity index (χ1n) is 7.86. The molecule has 0 atom stereocenters. The number of aromatic nitrogens is 5. The lowest BCUT2D eigenvalue weighted by Gasteiger charge is -2.06.